The molecule has 1 heterocycles. The van der Waals surface area contributed by atoms with Crippen molar-refractivity contribution >= 4 is 27.5 Å². The second kappa shape index (κ2) is 6.24. The van der Waals surface area contributed by atoms with E-state index < -0.39 is 10.0 Å². The van der Waals surface area contributed by atoms with Gasteiger partial charge in [0.2, 0.25) is 10.0 Å². The van der Waals surface area contributed by atoms with E-state index in [-0.39, 0.29) is 10.9 Å². The van der Waals surface area contributed by atoms with E-state index >= 15 is 0 Å². The van der Waals surface area contributed by atoms with Crippen molar-refractivity contribution < 1.29 is 13.2 Å². The number of ether oxygens (including phenoxy) is 1. The first kappa shape index (κ1) is 15.5. The number of benzene rings is 1. The summed E-state index contributed by atoms with van der Waals surface area (Å²) in [5.74, 6) is 2.30. The molecular weight excluding hydrogens is 296 g/mol. The van der Waals surface area contributed by atoms with Crippen LogP contribution in [0.1, 0.15) is 18.4 Å². The van der Waals surface area contributed by atoms with Crippen LogP contribution in [0, 0.1) is 6.92 Å². The van der Waals surface area contributed by atoms with E-state index in [1.54, 1.807) is 6.07 Å². The van der Waals surface area contributed by atoms with Gasteiger partial charge in [-0.2, -0.15) is 11.8 Å². The van der Waals surface area contributed by atoms with Gasteiger partial charge in [0.05, 0.1) is 7.11 Å². The highest BCUT2D eigenvalue weighted by Crippen LogP contribution is 2.29. The highest BCUT2D eigenvalue weighted by Gasteiger charge is 2.25. The standard InChI is InChI=1S/C13H20N2O3S2/c1-9-7-12(18-2)13(8-11(9)14)20(16,17)15-10-3-5-19-6-4-10/h7-8,10,15H,3-6,14H2,1-2H3. The van der Waals surface area contributed by atoms with Crippen LogP contribution in [0.4, 0.5) is 5.69 Å². The van der Waals surface area contributed by atoms with Crippen molar-refractivity contribution in [2.45, 2.75) is 30.7 Å². The third-order valence-electron chi connectivity index (χ3n) is 3.38. The highest BCUT2D eigenvalue weighted by molar-refractivity contribution is 7.99. The fraction of sp³-hybridized carbons (Fsp3) is 0.538. The van der Waals surface area contributed by atoms with Crippen LogP contribution in [0.2, 0.25) is 0 Å². The predicted octanol–water partition coefficient (Wildman–Crippen LogP) is 1.76. The van der Waals surface area contributed by atoms with Gasteiger partial charge in [0.15, 0.2) is 0 Å². The average Bonchev–Trinajstić information content (AvgIpc) is 2.42. The lowest BCUT2D eigenvalue weighted by molar-refractivity contribution is 0.401. The van der Waals surface area contributed by atoms with Crippen LogP contribution < -0.4 is 15.2 Å². The van der Waals surface area contributed by atoms with E-state index in [0.29, 0.717) is 11.4 Å². The molecule has 0 saturated carbocycles. The SMILES string of the molecule is COc1cc(C)c(N)cc1S(=O)(=O)NC1CCSCC1. The van der Waals surface area contributed by atoms with Crippen molar-refractivity contribution in [3.63, 3.8) is 0 Å². The normalized spacial score (nSPS) is 17.1. The van der Waals surface area contributed by atoms with Gasteiger partial charge in [-0.15, -0.1) is 0 Å². The van der Waals surface area contributed by atoms with E-state index in [0.717, 1.165) is 29.9 Å². The van der Waals surface area contributed by atoms with Crippen LogP contribution in [0.25, 0.3) is 0 Å². The molecule has 0 amide bonds. The monoisotopic (exact) mass is 316 g/mol. The van der Waals surface area contributed by atoms with E-state index in [9.17, 15) is 8.42 Å². The Morgan fingerprint density at radius 1 is 1.35 bits per heavy atom. The number of hydrogen-bond donors (Lipinski definition) is 2. The van der Waals surface area contributed by atoms with Gasteiger partial charge >= 0.3 is 0 Å². The molecule has 0 aliphatic carbocycles. The molecule has 1 saturated heterocycles. The Hall–Kier alpha value is -0.920. The predicted molar refractivity (Wildman–Crippen MR) is 82.8 cm³/mol. The molecule has 1 aromatic carbocycles. The number of aryl methyl sites for hydroxylation is 1. The number of nitrogens with one attached hydrogen (secondary N) is 1. The lowest BCUT2D eigenvalue weighted by Crippen LogP contribution is -2.37. The number of nitrogens with two attached hydrogens (primary N) is 1. The Labute approximate surface area is 124 Å². The van der Waals surface area contributed by atoms with Crippen molar-refractivity contribution in [1.29, 1.82) is 0 Å². The Balaban J connectivity index is 2.30. The van der Waals surface area contributed by atoms with E-state index in [4.69, 9.17) is 10.5 Å². The maximum Gasteiger partial charge on any atom is 0.244 e. The van der Waals surface area contributed by atoms with Crippen molar-refractivity contribution in [2.75, 3.05) is 24.3 Å². The summed E-state index contributed by atoms with van der Waals surface area (Å²) in [4.78, 5) is 0.112. The molecule has 5 nitrogen and oxygen atoms in total. The van der Waals surface area contributed by atoms with Gasteiger partial charge < -0.3 is 10.5 Å². The molecular formula is C13H20N2O3S2. The molecule has 1 aliphatic heterocycles. The fourth-order valence-corrected chi connectivity index (χ4v) is 4.74. The lowest BCUT2D eigenvalue weighted by Gasteiger charge is -2.23. The summed E-state index contributed by atoms with van der Waals surface area (Å²) >= 11 is 1.85. The van der Waals surface area contributed by atoms with Crippen LogP contribution in [-0.4, -0.2) is 33.1 Å². The summed E-state index contributed by atoms with van der Waals surface area (Å²) in [6.07, 6.45) is 1.71. The Kier molecular flexibility index (Phi) is 4.82. The minimum Gasteiger partial charge on any atom is -0.495 e. The first-order valence-electron chi connectivity index (χ1n) is 6.48. The van der Waals surface area contributed by atoms with E-state index in [1.807, 2.05) is 18.7 Å². The smallest absolute Gasteiger partial charge is 0.244 e. The zero-order chi connectivity index (χ0) is 14.8. The van der Waals surface area contributed by atoms with E-state index in [1.165, 1.54) is 13.2 Å². The molecule has 3 N–H and O–H groups in total. The van der Waals surface area contributed by atoms with E-state index in [2.05, 4.69) is 4.72 Å². The maximum atomic E-state index is 12.5. The molecule has 1 aromatic rings. The number of sulfonamides is 1. The molecule has 0 bridgehead atoms. The van der Waals surface area contributed by atoms with Crippen LogP contribution in [0.15, 0.2) is 17.0 Å². The highest BCUT2D eigenvalue weighted by atomic mass is 32.2. The third kappa shape index (κ3) is 3.39. The zero-order valence-corrected chi connectivity index (χ0v) is 13.3. The summed E-state index contributed by atoms with van der Waals surface area (Å²) in [6.45, 7) is 1.82. The van der Waals surface area contributed by atoms with Crippen molar-refractivity contribution in [1.82, 2.24) is 4.72 Å². The van der Waals surface area contributed by atoms with Gasteiger partial charge in [-0.05, 0) is 49.0 Å². The first-order valence-corrected chi connectivity index (χ1v) is 9.12. The van der Waals surface area contributed by atoms with Gasteiger partial charge in [0, 0.05) is 11.7 Å². The minimum atomic E-state index is -3.61. The molecule has 0 unspecified atom stereocenters. The third-order valence-corrected chi connectivity index (χ3v) is 5.98. The van der Waals surface area contributed by atoms with Gasteiger partial charge in [0.25, 0.3) is 0 Å². The number of hydrogen-bond acceptors (Lipinski definition) is 5. The summed E-state index contributed by atoms with van der Waals surface area (Å²) in [5.41, 5.74) is 7.07. The molecule has 2 rings (SSSR count). The lowest BCUT2D eigenvalue weighted by atomic mass is 10.2. The number of nitrogen functional groups attached to an aromatic ring is 1. The van der Waals surface area contributed by atoms with Gasteiger partial charge in [-0.25, -0.2) is 13.1 Å². The van der Waals surface area contributed by atoms with Crippen molar-refractivity contribution in [2.24, 2.45) is 0 Å². The zero-order valence-electron chi connectivity index (χ0n) is 11.7. The van der Waals surface area contributed by atoms with Gasteiger partial charge in [-0.1, -0.05) is 0 Å². The fourth-order valence-electron chi connectivity index (χ4n) is 2.15. The number of anilines is 1. The maximum absolute atomic E-state index is 12.5. The average molecular weight is 316 g/mol. The second-order valence-corrected chi connectivity index (χ2v) is 7.77. The molecule has 1 fully saturated rings. The van der Waals surface area contributed by atoms with Crippen LogP contribution in [0.5, 0.6) is 5.75 Å². The second-order valence-electron chi connectivity index (χ2n) is 4.87. The minimum absolute atomic E-state index is 0.00603. The Morgan fingerprint density at radius 2 is 2.00 bits per heavy atom. The molecule has 0 spiro atoms. The molecule has 20 heavy (non-hydrogen) atoms. The number of methoxy groups -OCH3 is 1. The van der Waals surface area contributed by atoms with Gasteiger partial charge in [0.1, 0.15) is 10.6 Å². The summed E-state index contributed by atoms with van der Waals surface area (Å²) < 4.78 is 32.9. The molecule has 0 aromatic heterocycles. The van der Waals surface area contributed by atoms with Crippen molar-refractivity contribution in [3.8, 4) is 5.75 Å². The number of thioether (sulfide) groups is 1. The Morgan fingerprint density at radius 3 is 2.60 bits per heavy atom. The largest absolute Gasteiger partial charge is 0.495 e. The first-order chi connectivity index (χ1) is 9.44. The topological polar surface area (TPSA) is 81.4 Å². The van der Waals surface area contributed by atoms with Crippen LogP contribution in [0.3, 0.4) is 0 Å². The number of rotatable bonds is 4. The summed E-state index contributed by atoms with van der Waals surface area (Å²) in [5, 5.41) is 0. The summed E-state index contributed by atoms with van der Waals surface area (Å²) in [7, 11) is -2.15. The van der Waals surface area contributed by atoms with Crippen molar-refractivity contribution in [3.05, 3.63) is 17.7 Å². The molecule has 1 aliphatic rings. The summed E-state index contributed by atoms with van der Waals surface area (Å²) in [6, 6.07) is 3.11. The Bertz CT molecular complexity index is 582. The quantitative estimate of drug-likeness (QED) is 0.827. The molecule has 112 valence electrons. The molecule has 0 atom stereocenters. The van der Waals surface area contributed by atoms with Crippen LogP contribution in [-0.2, 0) is 10.0 Å². The van der Waals surface area contributed by atoms with Gasteiger partial charge in [-0.3, -0.25) is 0 Å². The van der Waals surface area contributed by atoms with Crippen LogP contribution >= 0.6 is 11.8 Å². The molecule has 0 radical (unpaired) electrons. The molecule has 7 heteroatoms.